The maximum atomic E-state index is 12.9. The van der Waals surface area contributed by atoms with Gasteiger partial charge >= 0.3 is 11.9 Å². The number of hydrogen-bond donors (Lipinski definition) is 1. The number of benzene rings is 1. The molecule has 0 saturated carbocycles. The average molecular weight is 386 g/mol. The second kappa shape index (κ2) is 9.85. The molecule has 150 valence electrons. The van der Waals surface area contributed by atoms with E-state index in [0.29, 0.717) is 29.1 Å². The fourth-order valence-electron chi connectivity index (χ4n) is 3.08. The second-order valence-corrected chi connectivity index (χ2v) is 6.48. The van der Waals surface area contributed by atoms with Crippen molar-refractivity contribution in [1.29, 1.82) is 0 Å². The van der Waals surface area contributed by atoms with E-state index < -0.39 is 11.9 Å². The molecule has 0 bridgehead atoms. The number of nitrogens with zero attached hydrogens (tertiary/aromatic N) is 1. The number of nitrogens with one attached hydrogen (secondary N) is 1. The minimum absolute atomic E-state index is 0.00700. The Morgan fingerprint density at radius 1 is 1.07 bits per heavy atom. The number of carbonyl (C=O) groups excluding carboxylic acids is 3. The van der Waals surface area contributed by atoms with Gasteiger partial charge in [0.2, 0.25) is 0 Å². The van der Waals surface area contributed by atoms with Crippen molar-refractivity contribution < 1.29 is 23.9 Å². The molecule has 0 saturated heterocycles. The molecule has 0 aliphatic carbocycles. The molecular weight excluding hydrogens is 360 g/mol. The number of rotatable bonds is 9. The number of esters is 2. The molecule has 7 nitrogen and oxygen atoms in total. The van der Waals surface area contributed by atoms with Crippen molar-refractivity contribution in [1.82, 2.24) is 9.88 Å². The first-order valence-corrected chi connectivity index (χ1v) is 9.09. The molecule has 0 aliphatic rings. The molecule has 2 rings (SSSR count). The van der Waals surface area contributed by atoms with Crippen LogP contribution >= 0.6 is 0 Å². The summed E-state index contributed by atoms with van der Waals surface area (Å²) in [5.74, 6) is -1.09. The fraction of sp³-hybridized carbons (Fsp3) is 0.381. The molecule has 1 aromatic carbocycles. The summed E-state index contributed by atoms with van der Waals surface area (Å²) in [6, 6.07) is 9.56. The number of carbonyl (C=O) groups is 3. The van der Waals surface area contributed by atoms with Crippen LogP contribution < -0.4 is 0 Å². The highest BCUT2D eigenvalue weighted by molar-refractivity contribution is 6.02. The lowest BCUT2D eigenvalue weighted by Gasteiger charge is -2.20. The number of hydrogen-bond acceptors (Lipinski definition) is 6. The Balaban J connectivity index is 2.21. The molecule has 0 unspecified atom stereocenters. The molecule has 0 fully saturated rings. The van der Waals surface area contributed by atoms with Crippen LogP contribution in [0, 0.1) is 13.8 Å². The zero-order valence-corrected chi connectivity index (χ0v) is 16.7. The van der Waals surface area contributed by atoms with E-state index in [4.69, 9.17) is 9.47 Å². The first kappa shape index (κ1) is 21.4. The largest absolute Gasteiger partial charge is 0.468 e. The standard InChI is InChI=1S/C21H26N2O5/c1-5-28-21(26)19-14(2)20(22-15(19)3)17(24)12-23(13-18(25)27-4)11-16-9-7-6-8-10-16/h6-10,22H,5,11-13H2,1-4H3. The van der Waals surface area contributed by atoms with Gasteiger partial charge in [-0.25, -0.2) is 4.79 Å². The van der Waals surface area contributed by atoms with E-state index >= 15 is 0 Å². The van der Waals surface area contributed by atoms with Crippen LogP contribution in [0.1, 0.15) is 44.6 Å². The van der Waals surface area contributed by atoms with Gasteiger partial charge in [-0.15, -0.1) is 0 Å². The predicted molar refractivity (Wildman–Crippen MR) is 104 cm³/mol. The number of aryl methyl sites for hydroxylation is 1. The van der Waals surface area contributed by atoms with Crippen LogP contribution in [-0.4, -0.2) is 54.4 Å². The summed E-state index contributed by atoms with van der Waals surface area (Å²) in [4.78, 5) is 41.5. The van der Waals surface area contributed by atoms with Crippen LogP contribution in [0.5, 0.6) is 0 Å². The first-order valence-electron chi connectivity index (χ1n) is 9.09. The molecule has 0 aliphatic heterocycles. The maximum absolute atomic E-state index is 12.9. The van der Waals surface area contributed by atoms with Crippen LogP contribution in [0.4, 0.5) is 0 Å². The molecule has 0 amide bonds. The van der Waals surface area contributed by atoms with E-state index in [0.717, 1.165) is 5.56 Å². The SMILES string of the molecule is CCOC(=O)c1c(C)[nH]c(C(=O)CN(CC(=O)OC)Cc2ccccc2)c1C. The van der Waals surface area contributed by atoms with Gasteiger partial charge in [-0.05, 0) is 31.9 Å². The molecule has 0 spiro atoms. The first-order chi connectivity index (χ1) is 13.4. The molecule has 7 heteroatoms. The lowest BCUT2D eigenvalue weighted by atomic mass is 10.1. The zero-order chi connectivity index (χ0) is 20.7. The van der Waals surface area contributed by atoms with E-state index in [1.54, 1.807) is 25.7 Å². The minimum atomic E-state index is -0.455. The summed E-state index contributed by atoms with van der Waals surface area (Å²) in [5, 5.41) is 0. The van der Waals surface area contributed by atoms with Gasteiger partial charge < -0.3 is 14.5 Å². The van der Waals surface area contributed by atoms with Gasteiger partial charge in [-0.3, -0.25) is 14.5 Å². The molecule has 1 heterocycles. The fourth-order valence-corrected chi connectivity index (χ4v) is 3.08. The maximum Gasteiger partial charge on any atom is 0.340 e. The van der Waals surface area contributed by atoms with Gasteiger partial charge in [0.1, 0.15) is 0 Å². The van der Waals surface area contributed by atoms with E-state index in [9.17, 15) is 14.4 Å². The molecule has 1 N–H and O–H groups in total. The van der Waals surface area contributed by atoms with Gasteiger partial charge in [-0.1, -0.05) is 30.3 Å². The third kappa shape index (κ3) is 5.29. The van der Waals surface area contributed by atoms with Crippen LogP contribution in [0.2, 0.25) is 0 Å². The van der Waals surface area contributed by atoms with Crippen LogP contribution in [0.15, 0.2) is 30.3 Å². The molecule has 1 aromatic heterocycles. The van der Waals surface area contributed by atoms with E-state index in [1.807, 2.05) is 30.3 Å². The van der Waals surface area contributed by atoms with Gasteiger partial charge in [0.15, 0.2) is 5.78 Å². The highest BCUT2D eigenvalue weighted by Crippen LogP contribution is 2.20. The minimum Gasteiger partial charge on any atom is -0.468 e. The lowest BCUT2D eigenvalue weighted by molar-refractivity contribution is -0.141. The summed E-state index contributed by atoms with van der Waals surface area (Å²) in [5.41, 5.74) is 2.85. The third-order valence-corrected chi connectivity index (χ3v) is 4.39. The summed E-state index contributed by atoms with van der Waals surface area (Å²) in [6.07, 6.45) is 0. The number of ether oxygens (including phenoxy) is 2. The Hall–Kier alpha value is -2.93. The molecule has 2 aromatic rings. The van der Waals surface area contributed by atoms with Crippen LogP contribution in [0.25, 0.3) is 0 Å². The number of H-pyrrole nitrogens is 1. The predicted octanol–water partition coefficient (Wildman–Crippen LogP) is 2.67. The number of aromatic amines is 1. The van der Waals surface area contributed by atoms with Crippen molar-refractivity contribution in [3.05, 3.63) is 58.4 Å². The molecule has 28 heavy (non-hydrogen) atoms. The molecular formula is C21H26N2O5. The van der Waals surface area contributed by atoms with Crippen molar-refractivity contribution in [2.24, 2.45) is 0 Å². The highest BCUT2D eigenvalue weighted by atomic mass is 16.5. The zero-order valence-electron chi connectivity index (χ0n) is 16.7. The number of ketones is 1. The van der Waals surface area contributed by atoms with Crippen molar-refractivity contribution in [3.8, 4) is 0 Å². The second-order valence-electron chi connectivity index (χ2n) is 6.48. The Morgan fingerprint density at radius 2 is 1.75 bits per heavy atom. The smallest absolute Gasteiger partial charge is 0.340 e. The Morgan fingerprint density at radius 3 is 2.36 bits per heavy atom. The van der Waals surface area contributed by atoms with E-state index in [1.165, 1.54) is 7.11 Å². The average Bonchev–Trinajstić information content (AvgIpc) is 2.97. The molecule has 0 atom stereocenters. The van der Waals surface area contributed by atoms with Gasteiger partial charge in [0, 0.05) is 12.2 Å². The van der Waals surface area contributed by atoms with Crippen molar-refractivity contribution >= 4 is 17.7 Å². The van der Waals surface area contributed by atoms with Gasteiger partial charge in [-0.2, -0.15) is 0 Å². The number of aromatic nitrogens is 1. The topological polar surface area (TPSA) is 88.7 Å². The third-order valence-electron chi connectivity index (χ3n) is 4.39. The van der Waals surface area contributed by atoms with Crippen molar-refractivity contribution in [2.45, 2.75) is 27.3 Å². The quantitative estimate of drug-likeness (QED) is 0.526. The van der Waals surface area contributed by atoms with Crippen LogP contribution in [0.3, 0.4) is 0 Å². The summed E-state index contributed by atoms with van der Waals surface area (Å²) < 4.78 is 9.82. The number of Topliss-reactive ketones (excluding diaryl/α,β-unsaturated/α-hetero) is 1. The van der Waals surface area contributed by atoms with Crippen molar-refractivity contribution in [3.63, 3.8) is 0 Å². The van der Waals surface area contributed by atoms with E-state index in [2.05, 4.69) is 4.98 Å². The van der Waals surface area contributed by atoms with Gasteiger partial charge in [0.05, 0.1) is 38.1 Å². The summed E-state index contributed by atoms with van der Waals surface area (Å²) in [6.45, 7) is 5.85. The summed E-state index contributed by atoms with van der Waals surface area (Å²) in [7, 11) is 1.31. The Labute approximate surface area is 164 Å². The Bertz CT molecular complexity index is 842. The normalized spacial score (nSPS) is 10.8. The Kier molecular flexibility index (Phi) is 7.52. The van der Waals surface area contributed by atoms with Gasteiger partial charge in [0.25, 0.3) is 0 Å². The molecule has 0 radical (unpaired) electrons. The highest BCUT2D eigenvalue weighted by Gasteiger charge is 2.24. The van der Waals surface area contributed by atoms with Crippen LogP contribution in [-0.2, 0) is 20.8 Å². The number of methoxy groups -OCH3 is 1. The monoisotopic (exact) mass is 386 g/mol. The van der Waals surface area contributed by atoms with E-state index in [-0.39, 0.29) is 25.5 Å². The lowest BCUT2D eigenvalue weighted by Crippen LogP contribution is -2.35. The van der Waals surface area contributed by atoms with Crippen molar-refractivity contribution in [2.75, 3.05) is 26.8 Å². The summed E-state index contributed by atoms with van der Waals surface area (Å²) >= 11 is 0.